The molecule has 0 aliphatic heterocycles. The van der Waals surface area contributed by atoms with Crippen molar-refractivity contribution in [3.63, 3.8) is 0 Å². The molecule has 0 unspecified atom stereocenters. The summed E-state index contributed by atoms with van der Waals surface area (Å²) >= 11 is 0. The Morgan fingerprint density at radius 3 is 1.32 bits per heavy atom. The third kappa shape index (κ3) is 4.45. The van der Waals surface area contributed by atoms with Crippen LogP contribution in [0.1, 0.15) is 0 Å². The van der Waals surface area contributed by atoms with Crippen LogP contribution in [-0.2, 0) is 0 Å². The summed E-state index contributed by atoms with van der Waals surface area (Å²) in [5, 5.41) is 4.75. The van der Waals surface area contributed by atoms with Crippen LogP contribution in [-0.4, -0.2) is 24.1 Å². The van der Waals surface area contributed by atoms with Gasteiger partial charge < -0.3 is 4.57 Å². The predicted octanol–water partition coefficient (Wildman–Crippen LogP) is 11.1. The molecule has 234 valence electrons. The van der Waals surface area contributed by atoms with E-state index in [0.717, 1.165) is 44.3 Å². The molecule has 0 atom stereocenters. The van der Waals surface area contributed by atoms with Crippen LogP contribution in [0.5, 0.6) is 0 Å². The number of fused-ring (bicyclic) bond motifs is 7. The smallest absolute Gasteiger partial charge is 0.238 e. The van der Waals surface area contributed by atoms with Crippen LogP contribution in [0.3, 0.4) is 0 Å². The van der Waals surface area contributed by atoms with Crippen molar-refractivity contribution in [3.05, 3.63) is 176 Å². The van der Waals surface area contributed by atoms with Crippen LogP contribution in [0, 0.1) is 0 Å². The maximum Gasteiger partial charge on any atom is 0.238 e. The van der Waals surface area contributed by atoms with Gasteiger partial charge in [0.2, 0.25) is 5.95 Å². The topological polar surface area (TPSA) is 48.5 Å². The molecule has 0 saturated heterocycles. The zero-order chi connectivity index (χ0) is 33.0. The summed E-state index contributed by atoms with van der Waals surface area (Å²) in [6.07, 6.45) is 0. The van der Waals surface area contributed by atoms with Crippen molar-refractivity contribution in [2.45, 2.75) is 0 Å². The summed E-state index contributed by atoms with van der Waals surface area (Å²) in [6.45, 7) is 0. The van der Waals surface area contributed by atoms with E-state index in [9.17, 15) is 0 Å². The molecule has 0 aliphatic rings. The minimum absolute atomic E-state index is 0.582. The van der Waals surface area contributed by atoms with Crippen LogP contribution in [0.4, 0.5) is 0 Å². The first kappa shape index (κ1) is 28.2. The molecular formula is C45H29N5. The fourth-order valence-electron chi connectivity index (χ4n) is 7.34. The van der Waals surface area contributed by atoms with Gasteiger partial charge in [0.15, 0.2) is 11.6 Å². The lowest BCUT2D eigenvalue weighted by atomic mass is 10.0. The van der Waals surface area contributed by atoms with Gasteiger partial charge in [-0.1, -0.05) is 140 Å². The molecule has 0 radical (unpaired) electrons. The van der Waals surface area contributed by atoms with Gasteiger partial charge in [-0.05, 0) is 47.5 Å². The Balaban J connectivity index is 1.25. The molecular weight excluding hydrogens is 611 g/mol. The molecule has 10 rings (SSSR count). The zero-order valence-corrected chi connectivity index (χ0v) is 27.0. The van der Waals surface area contributed by atoms with E-state index in [4.69, 9.17) is 15.0 Å². The standard InChI is InChI=1S/C45H29N5/c1-4-14-30(15-5-1)31-24-26-33(27-25-31)44-46-43(32-16-6-2-7-17-32)47-45(48-44)50-38-23-13-11-21-36(38)42-40(50)29-28-39-41(42)35-20-10-12-22-37(35)49(39)34-18-8-3-9-19-34/h1-29H. The first-order valence-electron chi connectivity index (χ1n) is 16.8. The third-order valence-corrected chi connectivity index (χ3v) is 9.59. The van der Waals surface area contributed by atoms with E-state index >= 15 is 0 Å². The molecule has 3 heterocycles. The summed E-state index contributed by atoms with van der Waals surface area (Å²) in [6, 6.07) is 61.4. The Bertz CT molecular complexity index is 2840. The van der Waals surface area contributed by atoms with Gasteiger partial charge in [0, 0.05) is 38.4 Å². The molecule has 5 heteroatoms. The molecule has 0 spiro atoms. The Morgan fingerprint density at radius 2 is 0.720 bits per heavy atom. The second kappa shape index (κ2) is 11.4. The summed E-state index contributed by atoms with van der Waals surface area (Å²) < 4.78 is 4.57. The second-order valence-corrected chi connectivity index (χ2v) is 12.5. The van der Waals surface area contributed by atoms with E-state index in [1.54, 1.807) is 0 Å². The van der Waals surface area contributed by atoms with Crippen molar-refractivity contribution in [2.24, 2.45) is 0 Å². The number of nitrogens with zero attached hydrogens (tertiary/aromatic N) is 5. The fourth-order valence-corrected chi connectivity index (χ4v) is 7.34. The first-order valence-corrected chi connectivity index (χ1v) is 16.8. The lowest BCUT2D eigenvalue weighted by Crippen LogP contribution is -2.06. The number of benzene rings is 7. The molecule has 0 aliphatic carbocycles. The highest BCUT2D eigenvalue weighted by Gasteiger charge is 2.22. The van der Waals surface area contributed by atoms with E-state index in [-0.39, 0.29) is 0 Å². The first-order chi connectivity index (χ1) is 24.8. The van der Waals surface area contributed by atoms with Crippen molar-refractivity contribution >= 4 is 43.6 Å². The van der Waals surface area contributed by atoms with Crippen LogP contribution < -0.4 is 0 Å². The lowest BCUT2D eigenvalue weighted by Gasteiger charge is -2.11. The van der Waals surface area contributed by atoms with E-state index in [2.05, 4.69) is 161 Å². The second-order valence-electron chi connectivity index (χ2n) is 12.5. The quantitative estimate of drug-likeness (QED) is 0.188. The number of hydrogen-bond acceptors (Lipinski definition) is 3. The molecule has 0 amide bonds. The van der Waals surface area contributed by atoms with Crippen LogP contribution in [0.2, 0.25) is 0 Å². The van der Waals surface area contributed by atoms with Crippen molar-refractivity contribution in [2.75, 3.05) is 0 Å². The van der Waals surface area contributed by atoms with Gasteiger partial charge in [0.25, 0.3) is 0 Å². The summed E-state index contributed by atoms with van der Waals surface area (Å²) in [5.41, 5.74) is 9.74. The Morgan fingerprint density at radius 1 is 0.300 bits per heavy atom. The van der Waals surface area contributed by atoms with Gasteiger partial charge in [-0.15, -0.1) is 0 Å². The molecule has 5 nitrogen and oxygen atoms in total. The van der Waals surface area contributed by atoms with Gasteiger partial charge in [0.1, 0.15) is 0 Å². The van der Waals surface area contributed by atoms with Gasteiger partial charge in [-0.3, -0.25) is 4.57 Å². The molecule has 0 N–H and O–H groups in total. The molecule has 0 bridgehead atoms. The largest absolute Gasteiger partial charge is 0.309 e. The summed E-state index contributed by atoms with van der Waals surface area (Å²) in [5.74, 6) is 1.84. The Kier molecular flexibility index (Phi) is 6.42. The fraction of sp³-hybridized carbons (Fsp3) is 0. The van der Waals surface area contributed by atoms with E-state index in [1.165, 1.54) is 27.2 Å². The van der Waals surface area contributed by atoms with Crippen molar-refractivity contribution in [1.29, 1.82) is 0 Å². The average molecular weight is 640 g/mol. The van der Waals surface area contributed by atoms with E-state index in [1.807, 2.05) is 24.3 Å². The number of hydrogen-bond donors (Lipinski definition) is 0. The highest BCUT2D eigenvalue weighted by molar-refractivity contribution is 6.28. The number of rotatable bonds is 5. The summed E-state index contributed by atoms with van der Waals surface area (Å²) in [7, 11) is 0. The van der Waals surface area contributed by atoms with Crippen LogP contribution in [0.15, 0.2) is 176 Å². The maximum atomic E-state index is 5.21. The minimum Gasteiger partial charge on any atom is -0.309 e. The third-order valence-electron chi connectivity index (χ3n) is 9.59. The average Bonchev–Trinajstić information content (AvgIpc) is 3.72. The Labute approximate surface area is 288 Å². The van der Waals surface area contributed by atoms with E-state index in [0.29, 0.717) is 17.6 Å². The molecule has 50 heavy (non-hydrogen) atoms. The predicted molar refractivity (Wildman–Crippen MR) is 205 cm³/mol. The highest BCUT2D eigenvalue weighted by Crippen LogP contribution is 2.42. The zero-order valence-electron chi connectivity index (χ0n) is 27.0. The van der Waals surface area contributed by atoms with Gasteiger partial charge in [0.05, 0.1) is 22.1 Å². The number of aromatic nitrogens is 5. The van der Waals surface area contributed by atoms with Crippen LogP contribution >= 0.6 is 0 Å². The highest BCUT2D eigenvalue weighted by atomic mass is 15.2. The van der Waals surface area contributed by atoms with E-state index < -0.39 is 0 Å². The molecule has 7 aromatic carbocycles. The Hall–Kier alpha value is -6.85. The molecule has 0 saturated carbocycles. The SMILES string of the molecule is c1ccc(-c2ccc(-c3nc(-c4ccccc4)nc(-n4c5ccccc5c5c6c7ccccc7n(-c7ccccc7)c6ccc54)n3)cc2)cc1. The van der Waals surface area contributed by atoms with Crippen molar-refractivity contribution in [3.8, 4) is 45.5 Å². The van der Waals surface area contributed by atoms with Crippen molar-refractivity contribution < 1.29 is 0 Å². The number of para-hydroxylation sites is 3. The minimum atomic E-state index is 0.582. The van der Waals surface area contributed by atoms with Gasteiger partial charge in [-0.25, -0.2) is 4.98 Å². The van der Waals surface area contributed by atoms with Crippen molar-refractivity contribution in [1.82, 2.24) is 24.1 Å². The maximum absolute atomic E-state index is 5.21. The normalized spacial score (nSPS) is 11.6. The molecule has 10 aromatic rings. The van der Waals surface area contributed by atoms with Crippen LogP contribution in [0.25, 0.3) is 89.2 Å². The molecule has 3 aromatic heterocycles. The van der Waals surface area contributed by atoms with Gasteiger partial charge in [-0.2, -0.15) is 9.97 Å². The van der Waals surface area contributed by atoms with Gasteiger partial charge >= 0.3 is 0 Å². The lowest BCUT2D eigenvalue weighted by molar-refractivity contribution is 0.953. The summed E-state index contributed by atoms with van der Waals surface area (Å²) in [4.78, 5) is 15.4. The monoisotopic (exact) mass is 639 g/mol. The molecule has 0 fully saturated rings.